The number of nitrogens with one attached hydrogen (secondary N) is 1. The largest absolute Gasteiger partial charge is 0.496 e. The first-order valence-electron chi connectivity index (χ1n) is 9.95. The number of rotatable bonds is 7. The number of carbonyl (C=O) groups is 1. The molecule has 0 radical (unpaired) electrons. The fraction of sp³-hybridized carbons (Fsp3) is 0.409. The van der Waals surface area contributed by atoms with Crippen LogP contribution in [0.4, 0.5) is 0 Å². The first kappa shape index (κ1) is 22.6. The zero-order valence-electron chi connectivity index (χ0n) is 17.2. The number of methoxy groups -OCH3 is 1. The normalized spacial score (nSPS) is 18.6. The molecular weight excluding hydrogens is 424 g/mol. The van der Waals surface area contributed by atoms with Crippen molar-refractivity contribution >= 4 is 27.5 Å². The Hall–Kier alpha value is -2.09. The quantitative estimate of drug-likeness (QED) is 0.696. The fourth-order valence-electron chi connectivity index (χ4n) is 3.72. The molecule has 1 N–H and O–H groups in total. The molecule has 1 heterocycles. The van der Waals surface area contributed by atoms with Crippen molar-refractivity contribution in [3.8, 4) is 5.75 Å². The molecule has 0 aromatic heterocycles. The van der Waals surface area contributed by atoms with E-state index in [1.165, 1.54) is 4.31 Å². The second-order valence-corrected chi connectivity index (χ2v) is 9.96. The minimum absolute atomic E-state index is 0.101. The lowest BCUT2D eigenvalue weighted by atomic mass is 9.97. The first-order chi connectivity index (χ1) is 14.3. The molecular formula is C22H27ClN2O4S. The van der Waals surface area contributed by atoms with Crippen LogP contribution in [-0.2, 0) is 20.6 Å². The van der Waals surface area contributed by atoms with Crippen molar-refractivity contribution in [3.05, 3.63) is 64.7 Å². The molecule has 1 fully saturated rings. The van der Waals surface area contributed by atoms with Crippen molar-refractivity contribution in [3.63, 3.8) is 0 Å². The Labute approximate surface area is 183 Å². The van der Waals surface area contributed by atoms with Gasteiger partial charge >= 0.3 is 0 Å². The van der Waals surface area contributed by atoms with E-state index in [1.807, 2.05) is 31.2 Å². The topological polar surface area (TPSA) is 75.7 Å². The summed E-state index contributed by atoms with van der Waals surface area (Å²) in [6, 6.07) is 14.1. The number of benzene rings is 2. The molecule has 2 atom stereocenters. The van der Waals surface area contributed by atoms with Gasteiger partial charge in [0.1, 0.15) is 5.75 Å². The summed E-state index contributed by atoms with van der Waals surface area (Å²) in [6.45, 7) is 2.52. The van der Waals surface area contributed by atoms with Crippen molar-refractivity contribution < 1.29 is 17.9 Å². The van der Waals surface area contributed by atoms with Crippen LogP contribution >= 0.6 is 11.6 Å². The van der Waals surface area contributed by atoms with Crippen LogP contribution in [0.3, 0.4) is 0 Å². The summed E-state index contributed by atoms with van der Waals surface area (Å²) in [5, 5.41) is 3.58. The van der Waals surface area contributed by atoms with Gasteiger partial charge in [0.2, 0.25) is 15.9 Å². The van der Waals surface area contributed by atoms with Crippen LogP contribution in [0.5, 0.6) is 5.75 Å². The summed E-state index contributed by atoms with van der Waals surface area (Å²) in [5.41, 5.74) is 1.56. The van der Waals surface area contributed by atoms with Crippen LogP contribution in [-0.4, -0.2) is 38.8 Å². The van der Waals surface area contributed by atoms with Crippen LogP contribution < -0.4 is 10.1 Å². The lowest BCUT2D eigenvalue weighted by Crippen LogP contribution is -2.46. The molecule has 2 aromatic rings. The molecule has 1 aliphatic heterocycles. The Bertz CT molecular complexity index is 979. The van der Waals surface area contributed by atoms with Crippen molar-refractivity contribution in [2.24, 2.45) is 5.92 Å². The molecule has 0 spiro atoms. The number of para-hydroxylation sites is 1. The summed E-state index contributed by atoms with van der Waals surface area (Å²) in [4.78, 5) is 12.9. The van der Waals surface area contributed by atoms with Gasteiger partial charge in [0.15, 0.2) is 0 Å². The maximum absolute atomic E-state index is 12.9. The maximum atomic E-state index is 12.9. The SMILES string of the molecule is COc1ccccc1[C@@H](C)NC(=O)[C@H]1CCCN(S(=O)(=O)Cc2ccc(Cl)cc2)C1. The smallest absolute Gasteiger partial charge is 0.224 e. The molecule has 1 aliphatic rings. The lowest BCUT2D eigenvalue weighted by Gasteiger charge is -2.32. The molecule has 6 nitrogen and oxygen atoms in total. The predicted octanol–water partition coefficient (Wildman–Crippen LogP) is 3.77. The van der Waals surface area contributed by atoms with E-state index in [1.54, 1.807) is 31.4 Å². The lowest BCUT2D eigenvalue weighted by molar-refractivity contribution is -0.126. The van der Waals surface area contributed by atoms with Gasteiger partial charge in [0.05, 0.1) is 24.8 Å². The van der Waals surface area contributed by atoms with E-state index >= 15 is 0 Å². The predicted molar refractivity (Wildman–Crippen MR) is 118 cm³/mol. The molecule has 1 amide bonds. The standard InChI is InChI=1S/C22H27ClN2O4S/c1-16(20-7-3-4-8-21(20)29-2)24-22(26)18-6-5-13-25(14-18)30(27,28)15-17-9-11-19(23)12-10-17/h3-4,7-12,16,18H,5-6,13-15H2,1-2H3,(H,24,26)/t16-,18+/m1/s1. The summed E-state index contributed by atoms with van der Waals surface area (Å²) in [6.07, 6.45) is 1.32. The van der Waals surface area contributed by atoms with Gasteiger partial charge in [-0.15, -0.1) is 0 Å². The van der Waals surface area contributed by atoms with Crippen molar-refractivity contribution in [1.82, 2.24) is 9.62 Å². The van der Waals surface area contributed by atoms with Crippen molar-refractivity contribution in [1.29, 1.82) is 0 Å². The van der Waals surface area contributed by atoms with Gasteiger partial charge in [-0.3, -0.25) is 4.79 Å². The zero-order chi connectivity index (χ0) is 21.7. The summed E-state index contributed by atoms with van der Waals surface area (Å²) < 4.78 is 32.6. The van der Waals surface area contributed by atoms with E-state index in [9.17, 15) is 13.2 Å². The monoisotopic (exact) mass is 450 g/mol. The van der Waals surface area contributed by atoms with Crippen molar-refractivity contribution in [2.75, 3.05) is 20.2 Å². The average Bonchev–Trinajstić information content (AvgIpc) is 2.75. The van der Waals surface area contributed by atoms with Crippen LogP contribution in [0.15, 0.2) is 48.5 Å². The summed E-state index contributed by atoms with van der Waals surface area (Å²) >= 11 is 5.88. The molecule has 0 aliphatic carbocycles. The molecule has 162 valence electrons. The molecule has 8 heteroatoms. The third-order valence-electron chi connectivity index (χ3n) is 5.37. The van der Waals surface area contributed by atoms with Gasteiger partial charge in [0.25, 0.3) is 0 Å². The number of nitrogens with zero attached hydrogens (tertiary/aromatic N) is 1. The molecule has 0 saturated carbocycles. The molecule has 30 heavy (non-hydrogen) atoms. The van der Waals surface area contributed by atoms with E-state index in [-0.39, 0.29) is 30.2 Å². The Morgan fingerprint density at radius 2 is 1.93 bits per heavy atom. The van der Waals surface area contributed by atoms with E-state index in [4.69, 9.17) is 16.3 Å². The summed E-state index contributed by atoms with van der Waals surface area (Å²) in [7, 11) is -1.92. The number of hydrogen-bond donors (Lipinski definition) is 1. The second-order valence-electron chi connectivity index (χ2n) is 7.55. The van der Waals surface area contributed by atoms with Gasteiger partial charge in [0, 0.05) is 23.7 Å². The van der Waals surface area contributed by atoms with Gasteiger partial charge in [-0.1, -0.05) is 41.9 Å². The van der Waals surface area contributed by atoms with E-state index in [0.717, 1.165) is 5.56 Å². The third-order valence-corrected chi connectivity index (χ3v) is 7.44. The second kappa shape index (κ2) is 9.81. The number of piperidine rings is 1. The number of hydrogen-bond acceptors (Lipinski definition) is 4. The van der Waals surface area contributed by atoms with Gasteiger partial charge in [-0.25, -0.2) is 12.7 Å². The number of carbonyl (C=O) groups excluding carboxylic acids is 1. The Morgan fingerprint density at radius 1 is 1.23 bits per heavy atom. The van der Waals surface area contributed by atoms with Crippen LogP contribution in [0.25, 0.3) is 0 Å². The summed E-state index contributed by atoms with van der Waals surface area (Å²) in [5.74, 6) is 0.0904. The molecule has 3 rings (SSSR count). The minimum atomic E-state index is -3.52. The van der Waals surface area contributed by atoms with Crippen LogP contribution in [0, 0.1) is 5.92 Å². The molecule has 1 saturated heterocycles. The van der Waals surface area contributed by atoms with Gasteiger partial charge < -0.3 is 10.1 Å². The van der Waals surface area contributed by atoms with Crippen LogP contribution in [0.1, 0.15) is 36.9 Å². The number of amides is 1. The third kappa shape index (κ3) is 5.53. The highest BCUT2D eigenvalue weighted by Gasteiger charge is 2.33. The Balaban J connectivity index is 1.64. The first-order valence-corrected chi connectivity index (χ1v) is 11.9. The molecule has 2 aromatic carbocycles. The number of ether oxygens (including phenoxy) is 1. The minimum Gasteiger partial charge on any atom is -0.496 e. The highest BCUT2D eigenvalue weighted by molar-refractivity contribution is 7.88. The van der Waals surface area contributed by atoms with Crippen molar-refractivity contribution in [2.45, 2.75) is 31.6 Å². The Morgan fingerprint density at radius 3 is 2.63 bits per heavy atom. The fourth-order valence-corrected chi connectivity index (χ4v) is 5.46. The highest BCUT2D eigenvalue weighted by atomic mass is 35.5. The van der Waals surface area contributed by atoms with E-state index in [2.05, 4.69) is 5.32 Å². The number of sulfonamides is 1. The van der Waals surface area contributed by atoms with Gasteiger partial charge in [-0.2, -0.15) is 0 Å². The van der Waals surface area contributed by atoms with E-state index < -0.39 is 10.0 Å². The van der Waals surface area contributed by atoms with Crippen LogP contribution in [0.2, 0.25) is 5.02 Å². The molecule has 0 bridgehead atoms. The number of halogens is 1. The zero-order valence-corrected chi connectivity index (χ0v) is 18.7. The van der Waals surface area contributed by atoms with E-state index in [0.29, 0.717) is 35.7 Å². The average molecular weight is 451 g/mol. The Kier molecular flexibility index (Phi) is 7.39. The highest BCUT2D eigenvalue weighted by Crippen LogP contribution is 2.26. The molecule has 0 unspecified atom stereocenters. The van der Waals surface area contributed by atoms with Gasteiger partial charge in [-0.05, 0) is 43.5 Å². The maximum Gasteiger partial charge on any atom is 0.224 e.